The van der Waals surface area contributed by atoms with E-state index in [-0.39, 0.29) is 6.10 Å². The monoisotopic (exact) mass is 162 g/mol. The van der Waals surface area contributed by atoms with Gasteiger partial charge < -0.3 is 5.11 Å². The van der Waals surface area contributed by atoms with Gasteiger partial charge in [0.05, 0.1) is 6.10 Å². The van der Waals surface area contributed by atoms with Gasteiger partial charge in [0.15, 0.2) is 0 Å². The Bertz CT molecular complexity index is 280. The van der Waals surface area contributed by atoms with E-state index in [0.29, 0.717) is 5.92 Å². The van der Waals surface area contributed by atoms with Crippen LogP contribution in [0.15, 0.2) is 24.3 Å². The first-order chi connectivity index (χ1) is 5.83. The molecule has 12 heavy (non-hydrogen) atoms. The third-order valence-electron chi connectivity index (χ3n) is 2.83. The van der Waals surface area contributed by atoms with Gasteiger partial charge in [0, 0.05) is 0 Å². The van der Waals surface area contributed by atoms with E-state index in [1.54, 1.807) is 0 Å². The predicted molar refractivity (Wildman–Crippen MR) is 48.9 cm³/mol. The van der Waals surface area contributed by atoms with Gasteiger partial charge in [-0.05, 0) is 23.5 Å². The fourth-order valence-corrected chi connectivity index (χ4v) is 2.02. The number of hydrogen-bond acceptors (Lipinski definition) is 1. The van der Waals surface area contributed by atoms with Gasteiger partial charge in [-0.1, -0.05) is 37.6 Å². The number of fused-ring (bicyclic) bond motifs is 1. The van der Waals surface area contributed by atoms with Crippen molar-refractivity contribution < 1.29 is 5.11 Å². The van der Waals surface area contributed by atoms with Crippen LogP contribution in [-0.2, 0) is 6.42 Å². The molecular weight excluding hydrogens is 148 g/mol. The highest BCUT2D eigenvalue weighted by Crippen LogP contribution is 2.37. The molecule has 1 heteroatoms. The Labute approximate surface area is 73.0 Å². The van der Waals surface area contributed by atoms with Crippen LogP contribution in [-0.4, -0.2) is 5.11 Å². The summed E-state index contributed by atoms with van der Waals surface area (Å²) in [6.07, 6.45) is 1.90. The molecule has 2 atom stereocenters. The minimum absolute atomic E-state index is 0.216. The maximum absolute atomic E-state index is 9.84. The van der Waals surface area contributed by atoms with Crippen LogP contribution in [0.25, 0.3) is 0 Å². The SMILES string of the molecule is CC[C@H]1Cc2ccccc2[C@@H]1O. The van der Waals surface area contributed by atoms with Crippen molar-refractivity contribution in [2.75, 3.05) is 0 Å². The number of aliphatic hydroxyl groups excluding tert-OH is 1. The molecule has 0 heterocycles. The molecule has 64 valence electrons. The van der Waals surface area contributed by atoms with Crippen molar-refractivity contribution in [3.63, 3.8) is 0 Å². The quantitative estimate of drug-likeness (QED) is 0.671. The Kier molecular flexibility index (Phi) is 1.89. The van der Waals surface area contributed by atoms with Crippen LogP contribution in [0.4, 0.5) is 0 Å². The highest BCUT2D eigenvalue weighted by molar-refractivity contribution is 5.34. The van der Waals surface area contributed by atoms with Crippen LogP contribution in [0.2, 0.25) is 0 Å². The Morgan fingerprint density at radius 3 is 2.83 bits per heavy atom. The molecule has 0 fully saturated rings. The zero-order chi connectivity index (χ0) is 8.55. The van der Waals surface area contributed by atoms with Crippen LogP contribution >= 0.6 is 0 Å². The molecule has 1 aliphatic rings. The maximum Gasteiger partial charge on any atom is 0.0823 e. The molecule has 0 radical (unpaired) electrons. The minimum atomic E-state index is -0.216. The van der Waals surface area contributed by atoms with Gasteiger partial charge in [-0.2, -0.15) is 0 Å². The van der Waals surface area contributed by atoms with Crippen molar-refractivity contribution >= 4 is 0 Å². The highest BCUT2D eigenvalue weighted by atomic mass is 16.3. The summed E-state index contributed by atoms with van der Waals surface area (Å²) in [7, 11) is 0. The molecule has 0 saturated carbocycles. The fourth-order valence-electron chi connectivity index (χ4n) is 2.02. The Balaban J connectivity index is 2.35. The highest BCUT2D eigenvalue weighted by Gasteiger charge is 2.28. The molecule has 0 saturated heterocycles. The summed E-state index contributed by atoms with van der Waals surface area (Å²) < 4.78 is 0. The summed E-state index contributed by atoms with van der Waals surface area (Å²) in [5.74, 6) is 0.447. The van der Waals surface area contributed by atoms with E-state index in [9.17, 15) is 5.11 Å². The van der Waals surface area contributed by atoms with Crippen LogP contribution in [0.3, 0.4) is 0 Å². The van der Waals surface area contributed by atoms with E-state index in [1.807, 2.05) is 18.2 Å². The average molecular weight is 162 g/mol. The van der Waals surface area contributed by atoms with Gasteiger partial charge in [-0.25, -0.2) is 0 Å². The van der Waals surface area contributed by atoms with Crippen molar-refractivity contribution in [2.24, 2.45) is 5.92 Å². The van der Waals surface area contributed by atoms with Crippen molar-refractivity contribution in [1.29, 1.82) is 0 Å². The van der Waals surface area contributed by atoms with E-state index in [4.69, 9.17) is 0 Å². The largest absolute Gasteiger partial charge is 0.388 e. The van der Waals surface area contributed by atoms with E-state index in [1.165, 1.54) is 5.56 Å². The summed E-state index contributed by atoms with van der Waals surface area (Å²) >= 11 is 0. The van der Waals surface area contributed by atoms with Crippen LogP contribution in [0.5, 0.6) is 0 Å². The van der Waals surface area contributed by atoms with Crippen LogP contribution in [0.1, 0.15) is 30.6 Å². The van der Waals surface area contributed by atoms with Crippen molar-refractivity contribution in [3.8, 4) is 0 Å². The molecule has 1 aromatic rings. The topological polar surface area (TPSA) is 20.2 Å². The van der Waals surface area contributed by atoms with E-state index >= 15 is 0 Å². The third kappa shape index (κ3) is 1.05. The molecule has 0 aliphatic heterocycles. The molecule has 0 amide bonds. The van der Waals surface area contributed by atoms with Crippen molar-refractivity contribution in [1.82, 2.24) is 0 Å². The van der Waals surface area contributed by atoms with Gasteiger partial charge in [0.2, 0.25) is 0 Å². The molecule has 1 aliphatic carbocycles. The first-order valence-corrected chi connectivity index (χ1v) is 4.58. The smallest absolute Gasteiger partial charge is 0.0823 e. The van der Waals surface area contributed by atoms with Gasteiger partial charge in [0.25, 0.3) is 0 Å². The van der Waals surface area contributed by atoms with E-state index in [2.05, 4.69) is 13.0 Å². The second-order valence-corrected chi connectivity index (χ2v) is 3.52. The molecule has 0 unspecified atom stereocenters. The number of aliphatic hydroxyl groups is 1. The van der Waals surface area contributed by atoms with Gasteiger partial charge in [-0.3, -0.25) is 0 Å². The van der Waals surface area contributed by atoms with Gasteiger partial charge in [0.1, 0.15) is 0 Å². The summed E-state index contributed by atoms with van der Waals surface area (Å²) in [4.78, 5) is 0. The molecule has 0 spiro atoms. The fraction of sp³-hybridized carbons (Fsp3) is 0.455. The second kappa shape index (κ2) is 2.91. The summed E-state index contributed by atoms with van der Waals surface area (Å²) in [5.41, 5.74) is 2.47. The summed E-state index contributed by atoms with van der Waals surface area (Å²) in [6, 6.07) is 8.20. The third-order valence-corrected chi connectivity index (χ3v) is 2.83. The molecule has 1 nitrogen and oxygen atoms in total. The Morgan fingerprint density at radius 2 is 2.17 bits per heavy atom. The van der Waals surface area contributed by atoms with Gasteiger partial charge >= 0.3 is 0 Å². The van der Waals surface area contributed by atoms with Gasteiger partial charge in [-0.15, -0.1) is 0 Å². The summed E-state index contributed by atoms with van der Waals surface area (Å²) in [5, 5.41) is 9.84. The molecule has 1 N–H and O–H groups in total. The number of benzene rings is 1. The molecule has 1 aromatic carbocycles. The summed E-state index contributed by atoms with van der Waals surface area (Å²) in [6.45, 7) is 2.14. The van der Waals surface area contributed by atoms with Crippen molar-refractivity contribution in [2.45, 2.75) is 25.9 Å². The zero-order valence-corrected chi connectivity index (χ0v) is 7.33. The lowest BCUT2D eigenvalue weighted by molar-refractivity contribution is 0.121. The normalized spacial score (nSPS) is 27.2. The van der Waals surface area contributed by atoms with Crippen molar-refractivity contribution in [3.05, 3.63) is 35.4 Å². The average Bonchev–Trinajstić information content (AvgIpc) is 2.44. The predicted octanol–water partition coefficient (Wildman–Crippen LogP) is 2.30. The standard InChI is InChI=1S/C11H14O/c1-2-8-7-9-5-3-4-6-10(9)11(8)12/h3-6,8,11-12H,2,7H2,1H3/t8-,11+/m0/s1. The number of hydrogen-bond donors (Lipinski definition) is 1. The lowest BCUT2D eigenvalue weighted by Gasteiger charge is -2.11. The first-order valence-electron chi connectivity index (χ1n) is 4.58. The second-order valence-electron chi connectivity index (χ2n) is 3.52. The Morgan fingerprint density at radius 1 is 1.42 bits per heavy atom. The molecule has 2 rings (SSSR count). The number of rotatable bonds is 1. The van der Waals surface area contributed by atoms with Crippen LogP contribution < -0.4 is 0 Å². The zero-order valence-electron chi connectivity index (χ0n) is 7.33. The molecule has 0 bridgehead atoms. The Hall–Kier alpha value is -0.820. The maximum atomic E-state index is 9.84. The minimum Gasteiger partial charge on any atom is -0.388 e. The van der Waals surface area contributed by atoms with E-state index in [0.717, 1.165) is 18.4 Å². The lowest BCUT2D eigenvalue weighted by Crippen LogP contribution is -2.04. The molecule has 0 aromatic heterocycles. The molecular formula is C11H14O. The van der Waals surface area contributed by atoms with E-state index < -0.39 is 0 Å². The van der Waals surface area contributed by atoms with Crippen LogP contribution in [0, 0.1) is 5.92 Å². The first kappa shape index (κ1) is 7.81. The lowest BCUT2D eigenvalue weighted by atomic mass is 10.0.